The lowest BCUT2D eigenvalue weighted by molar-refractivity contribution is 0.302. The number of thiocarbonyl (C=S) groups is 1. The molecule has 0 atom stereocenters. The van der Waals surface area contributed by atoms with Gasteiger partial charge in [0.15, 0.2) is 5.05 Å². The predicted octanol–water partition coefficient (Wildman–Crippen LogP) is 4.22. The van der Waals surface area contributed by atoms with E-state index in [1.165, 1.54) is 0 Å². The first-order valence-corrected chi connectivity index (χ1v) is 6.14. The molecule has 2 aromatic carbocycles. The molecule has 0 N–H and O–H groups in total. The fourth-order valence-corrected chi connectivity index (χ4v) is 1.81. The van der Waals surface area contributed by atoms with E-state index < -0.39 is 0 Å². The van der Waals surface area contributed by atoms with E-state index in [9.17, 15) is 0 Å². The van der Waals surface area contributed by atoms with Gasteiger partial charge in [0.25, 0.3) is 0 Å². The highest BCUT2D eigenvalue weighted by molar-refractivity contribution is 7.80. The average Bonchev–Trinajstić information content (AvgIpc) is 2.46. The van der Waals surface area contributed by atoms with Crippen molar-refractivity contribution in [3.05, 3.63) is 77.9 Å². The molecule has 0 radical (unpaired) electrons. The minimum Gasteiger partial charge on any atom is -0.478 e. The summed E-state index contributed by atoms with van der Waals surface area (Å²) in [6, 6.07) is 17.8. The molecule has 0 saturated heterocycles. The normalized spacial score (nSPS) is 9.78. The SMILES string of the molecule is C=Cc1cccc(COC(=S)c2ccccc2)c1. The van der Waals surface area contributed by atoms with Gasteiger partial charge in [-0.25, -0.2) is 0 Å². The Balaban J connectivity index is 1.99. The van der Waals surface area contributed by atoms with Gasteiger partial charge in [-0.15, -0.1) is 0 Å². The Bertz CT molecular complexity index is 546. The van der Waals surface area contributed by atoms with Gasteiger partial charge >= 0.3 is 0 Å². The molecule has 0 aromatic heterocycles. The first-order chi connectivity index (χ1) is 8.79. The zero-order chi connectivity index (χ0) is 12.8. The van der Waals surface area contributed by atoms with Crippen molar-refractivity contribution in [2.24, 2.45) is 0 Å². The molecular weight excluding hydrogens is 240 g/mol. The highest BCUT2D eigenvalue weighted by Gasteiger charge is 2.02. The quantitative estimate of drug-likeness (QED) is 0.755. The van der Waals surface area contributed by atoms with Crippen LogP contribution in [0, 0.1) is 0 Å². The van der Waals surface area contributed by atoms with Crippen molar-refractivity contribution in [1.82, 2.24) is 0 Å². The molecule has 1 nitrogen and oxygen atoms in total. The van der Waals surface area contributed by atoms with Crippen molar-refractivity contribution >= 4 is 23.3 Å². The molecule has 18 heavy (non-hydrogen) atoms. The molecule has 0 heterocycles. The van der Waals surface area contributed by atoms with E-state index in [4.69, 9.17) is 17.0 Å². The van der Waals surface area contributed by atoms with Crippen molar-refractivity contribution in [2.75, 3.05) is 0 Å². The Morgan fingerprint density at radius 2 is 1.89 bits per heavy atom. The van der Waals surface area contributed by atoms with E-state index in [-0.39, 0.29) is 0 Å². The Morgan fingerprint density at radius 1 is 1.11 bits per heavy atom. The van der Waals surface area contributed by atoms with E-state index in [0.29, 0.717) is 11.7 Å². The summed E-state index contributed by atoms with van der Waals surface area (Å²) in [4.78, 5) is 0. The number of ether oxygens (including phenoxy) is 1. The van der Waals surface area contributed by atoms with Gasteiger partial charge in [0, 0.05) is 5.56 Å². The van der Waals surface area contributed by atoms with Gasteiger partial charge in [0.05, 0.1) is 0 Å². The smallest absolute Gasteiger partial charge is 0.191 e. The van der Waals surface area contributed by atoms with E-state index in [1.807, 2.05) is 60.7 Å². The summed E-state index contributed by atoms with van der Waals surface area (Å²) in [5.41, 5.74) is 3.11. The third-order valence-corrected chi connectivity index (χ3v) is 2.92. The lowest BCUT2D eigenvalue weighted by Crippen LogP contribution is -2.03. The van der Waals surface area contributed by atoms with E-state index in [0.717, 1.165) is 16.7 Å². The number of benzene rings is 2. The molecule has 0 spiro atoms. The second-order valence-electron chi connectivity index (χ2n) is 3.89. The van der Waals surface area contributed by atoms with E-state index in [2.05, 4.69) is 6.58 Å². The van der Waals surface area contributed by atoms with Crippen molar-refractivity contribution in [3.63, 3.8) is 0 Å². The van der Waals surface area contributed by atoms with Crippen molar-refractivity contribution < 1.29 is 4.74 Å². The summed E-state index contributed by atoms with van der Waals surface area (Å²) < 4.78 is 5.61. The third-order valence-electron chi connectivity index (χ3n) is 2.57. The van der Waals surface area contributed by atoms with Gasteiger partial charge in [0.1, 0.15) is 6.61 Å². The number of hydrogen-bond acceptors (Lipinski definition) is 2. The third kappa shape index (κ3) is 3.28. The summed E-state index contributed by atoms with van der Waals surface area (Å²) in [6.07, 6.45) is 1.82. The van der Waals surface area contributed by atoms with Crippen LogP contribution in [0.5, 0.6) is 0 Å². The molecule has 2 rings (SSSR count). The number of hydrogen-bond donors (Lipinski definition) is 0. The Hall–Kier alpha value is -1.93. The van der Waals surface area contributed by atoms with E-state index in [1.54, 1.807) is 0 Å². The summed E-state index contributed by atoms with van der Waals surface area (Å²) in [5.74, 6) is 0. The molecule has 0 unspecified atom stereocenters. The van der Waals surface area contributed by atoms with Gasteiger partial charge < -0.3 is 4.74 Å². The fraction of sp³-hybridized carbons (Fsp3) is 0.0625. The van der Waals surface area contributed by atoms with Crippen LogP contribution in [0.2, 0.25) is 0 Å². The van der Waals surface area contributed by atoms with Crippen LogP contribution in [0.1, 0.15) is 16.7 Å². The minimum absolute atomic E-state index is 0.482. The van der Waals surface area contributed by atoms with Gasteiger partial charge in [0.2, 0.25) is 0 Å². The molecule has 0 fully saturated rings. The molecule has 2 heteroatoms. The Kier molecular flexibility index (Phi) is 4.26. The maximum Gasteiger partial charge on any atom is 0.191 e. The molecule has 0 aliphatic heterocycles. The molecule has 90 valence electrons. The van der Waals surface area contributed by atoms with Crippen molar-refractivity contribution in [1.29, 1.82) is 0 Å². The second-order valence-corrected chi connectivity index (χ2v) is 4.26. The highest BCUT2D eigenvalue weighted by Crippen LogP contribution is 2.10. The Morgan fingerprint density at radius 3 is 2.61 bits per heavy atom. The molecule has 0 aliphatic carbocycles. The Labute approximate surface area is 113 Å². The van der Waals surface area contributed by atoms with E-state index >= 15 is 0 Å². The molecule has 2 aromatic rings. The molecule has 0 bridgehead atoms. The standard InChI is InChI=1S/C16H14OS/c1-2-13-7-6-8-14(11-13)12-17-16(18)15-9-4-3-5-10-15/h2-11H,1,12H2. The second kappa shape index (κ2) is 6.12. The molecule has 0 aliphatic rings. The van der Waals surface area contributed by atoms with Crippen molar-refractivity contribution in [2.45, 2.75) is 6.61 Å². The summed E-state index contributed by atoms with van der Waals surface area (Å²) >= 11 is 5.24. The van der Waals surface area contributed by atoms with Crippen LogP contribution < -0.4 is 0 Å². The number of rotatable bonds is 4. The topological polar surface area (TPSA) is 9.23 Å². The monoisotopic (exact) mass is 254 g/mol. The highest BCUT2D eigenvalue weighted by atomic mass is 32.1. The van der Waals surface area contributed by atoms with Gasteiger partial charge in [-0.2, -0.15) is 0 Å². The zero-order valence-corrected chi connectivity index (χ0v) is 10.8. The van der Waals surface area contributed by atoms with Crippen LogP contribution in [-0.2, 0) is 11.3 Å². The van der Waals surface area contributed by atoms with Gasteiger partial charge in [-0.3, -0.25) is 0 Å². The maximum atomic E-state index is 5.61. The van der Waals surface area contributed by atoms with Gasteiger partial charge in [-0.05, 0) is 29.4 Å². The molecule has 0 amide bonds. The first-order valence-electron chi connectivity index (χ1n) is 5.73. The van der Waals surface area contributed by atoms with Crippen molar-refractivity contribution in [3.8, 4) is 0 Å². The van der Waals surface area contributed by atoms with Crippen LogP contribution in [-0.4, -0.2) is 5.05 Å². The largest absolute Gasteiger partial charge is 0.478 e. The first kappa shape index (κ1) is 12.5. The van der Waals surface area contributed by atoms with Crippen LogP contribution in [0.25, 0.3) is 6.08 Å². The summed E-state index contributed by atoms with van der Waals surface area (Å²) in [5, 5.41) is 0.527. The zero-order valence-electron chi connectivity index (χ0n) is 10.0. The minimum atomic E-state index is 0.482. The molecule has 0 saturated carbocycles. The summed E-state index contributed by atoms with van der Waals surface area (Å²) in [6.45, 7) is 4.23. The molecular formula is C16H14OS. The van der Waals surface area contributed by atoms with Gasteiger partial charge in [-0.1, -0.05) is 61.2 Å². The maximum absolute atomic E-state index is 5.61. The fourth-order valence-electron chi connectivity index (χ4n) is 1.62. The lowest BCUT2D eigenvalue weighted by Gasteiger charge is -2.08. The summed E-state index contributed by atoms with van der Waals surface area (Å²) in [7, 11) is 0. The lowest BCUT2D eigenvalue weighted by atomic mass is 10.1. The van der Waals surface area contributed by atoms with Crippen LogP contribution >= 0.6 is 12.2 Å². The average molecular weight is 254 g/mol. The predicted molar refractivity (Wildman–Crippen MR) is 79.5 cm³/mol. The van der Waals surface area contributed by atoms with Crippen LogP contribution in [0.4, 0.5) is 0 Å². The van der Waals surface area contributed by atoms with Crippen LogP contribution in [0.15, 0.2) is 61.2 Å². The van der Waals surface area contributed by atoms with Crippen LogP contribution in [0.3, 0.4) is 0 Å².